The third-order valence-corrected chi connectivity index (χ3v) is 5.23. The lowest BCUT2D eigenvalue weighted by Gasteiger charge is -2.18. The maximum absolute atomic E-state index is 12.7. The van der Waals surface area contributed by atoms with Gasteiger partial charge in [0.25, 0.3) is 0 Å². The SMILES string of the molecule is CN(Cc1noc(C(F)(F)F)n1)C(=O)C1CC12CCc1ccccc12. The monoisotopic (exact) mass is 351 g/mol. The standard InChI is InChI=1S/C17H16F3N3O2/c1-23(9-13-21-15(25-22-13)17(18,19)20)14(24)12-8-16(12)7-6-10-4-2-3-5-11(10)16/h2-5,12H,6-9H2,1H3. The first-order valence-corrected chi connectivity index (χ1v) is 8.04. The minimum absolute atomic E-state index is 0.0879. The summed E-state index contributed by atoms with van der Waals surface area (Å²) in [5.41, 5.74) is 2.42. The zero-order chi connectivity index (χ0) is 17.8. The lowest BCUT2D eigenvalue weighted by Crippen LogP contribution is -2.30. The maximum Gasteiger partial charge on any atom is 0.471 e. The number of aromatic nitrogens is 2. The number of alkyl halides is 3. The van der Waals surface area contributed by atoms with Crippen molar-refractivity contribution >= 4 is 5.91 Å². The van der Waals surface area contributed by atoms with E-state index in [0.29, 0.717) is 0 Å². The predicted octanol–water partition coefficient (Wildman–Crippen LogP) is 2.95. The van der Waals surface area contributed by atoms with E-state index in [1.165, 1.54) is 16.0 Å². The maximum atomic E-state index is 12.7. The van der Waals surface area contributed by atoms with Crippen molar-refractivity contribution in [3.05, 3.63) is 47.1 Å². The highest BCUT2D eigenvalue weighted by atomic mass is 19.4. The Balaban J connectivity index is 1.45. The molecular weight excluding hydrogens is 335 g/mol. The highest BCUT2D eigenvalue weighted by molar-refractivity contribution is 5.84. The topological polar surface area (TPSA) is 59.2 Å². The summed E-state index contributed by atoms with van der Waals surface area (Å²) >= 11 is 0. The van der Waals surface area contributed by atoms with Gasteiger partial charge in [0.05, 0.1) is 6.54 Å². The molecule has 8 heteroatoms. The highest BCUT2D eigenvalue weighted by Gasteiger charge is 2.61. The first-order chi connectivity index (χ1) is 11.8. The van der Waals surface area contributed by atoms with E-state index < -0.39 is 12.1 Å². The van der Waals surface area contributed by atoms with Gasteiger partial charge in [-0.25, -0.2) is 0 Å². The number of hydrogen-bond donors (Lipinski definition) is 0. The number of hydrogen-bond acceptors (Lipinski definition) is 4. The van der Waals surface area contributed by atoms with E-state index >= 15 is 0 Å². The van der Waals surface area contributed by atoms with Crippen molar-refractivity contribution in [1.82, 2.24) is 15.0 Å². The molecule has 2 aliphatic carbocycles. The smallest absolute Gasteiger partial charge is 0.338 e. The van der Waals surface area contributed by atoms with Crippen LogP contribution < -0.4 is 0 Å². The Kier molecular flexibility index (Phi) is 3.42. The third-order valence-electron chi connectivity index (χ3n) is 5.23. The van der Waals surface area contributed by atoms with Gasteiger partial charge in [-0.3, -0.25) is 4.79 Å². The van der Waals surface area contributed by atoms with Crippen molar-refractivity contribution in [2.24, 2.45) is 5.92 Å². The first kappa shape index (κ1) is 16.1. The molecule has 132 valence electrons. The quantitative estimate of drug-likeness (QED) is 0.853. The van der Waals surface area contributed by atoms with Crippen LogP contribution in [0.15, 0.2) is 28.8 Å². The Morgan fingerprint density at radius 1 is 1.40 bits per heavy atom. The summed E-state index contributed by atoms with van der Waals surface area (Å²) < 4.78 is 41.7. The second-order valence-electron chi connectivity index (χ2n) is 6.78. The van der Waals surface area contributed by atoms with Crippen LogP contribution in [0.4, 0.5) is 13.2 Å². The molecule has 5 nitrogen and oxygen atoms in total. The molecule has 1 aromatic carbocycles. The highest BCUT2D eigenvalue weighted by Crippen LogP contribution is 2.61. The van der Waals surface area contributed by atoms with Gasteiger partial charge in [0, 0.05) is 18.4 Å². The van der Waals surface area contributed by atoms with Crippen molar-refractivity contribution in [1.29, 1.82) is 0 Å². The molecule has 2 aromatic rings. The molecular formula is C17H16F3N3O2. The fourth-order valence-corrected chi connectivity index (χ4v) is 3.91. The average molecular weight is 351 g/mol. The lowest BCUT2D eigenvalue weighted by atomic mass is 9.95. The minimum Gasteiger partial charge on any atom is -0.338 e. The van der Waals surface area contributed by atoms with Crippen LogP contribution in [0.25, 0.3) is 0 Å². The molecule has 0 radical (unpaired) electrons. The molecule has 4 rings (SSSR count). The summed E-state index contributed by atoms with van der Waals surface area (Å²) in [6.45, 7) is -0.105. The first-order valence-electron chi connectivity index (χ1n) is 8.04. The minimum atomic E-state index is -4.68. The molecule has 2 atom stereocenters. The number of nitrogens with zero attached hydrogens (tertiary/aromatic N) is 3. The van der Waals surface area contributed by atoms with E-state index in [2.05, 4.69) is 26.8 Å². The van der Waals surface area contributed by atoms with E-state index in [9.17, 15) is 18.0 Å². The summed E-state index contributed by atoms with van der Waals surface area (Å²) in [6, 6.07) is 8.14. The van der Waals surface area contributed by atoms with E-state index in [1.54, 1.807) is 7.05 Å². The number of rotatable bonds is 3. The molecule has 0 bridgehead atoms. The summed E-state index contributed by atoms with van der Waals surface area (Å²) in [5, 5.41) is 3.31. The van der Waals surface area contributed by atoms with Crippen molar-refractivity contribution in [2.75, 3.05) is 7.05 Å². The van der Waals surface area contributed by atoms with Crippen molar-refractivity contribution in [3.63, 3.8) is 0 Å². The normalized spacial score (nSPS) is 24.4. The average Bonchev–Trinajstić information content (AvgIpc) is 2.89. The number of carbonyl (C=O) groups excluding carboxylic acids is 1. The number of aryl methyl sites for hydroxylation is 1. The van der Waals surface area contributed by atoms with Crippen molar-refractivity contribution in [3.8, 4) is 0 Å². The van der Waals surface area contributed by atoms with Crippen LogP contribution in [-0.2, 0) is 29.4 Å². The Bertz CT molecular complexity index is 833. The van der Waals surface area contributed by atoms with E-state index in [4.69, 9.17) is 0 Å². The van der Waals surface area contributed by atoms with Crippen molar-refractivity contribution in [2.45, 2.75) is 37.4 Å². The predicted molar refractivity (Wildman–Crippen MR) is 80.3 cm³/mol. The van der Waals surface area contributed by atoms with Gasteiger partial charge in [-0.1, -0.05) is 29.4 Å². The van der Waals surface area contributed by atoms with Crippen LogP contribution in [0.1, 0.15) is 35.7 Å². The molecule has 2 aliphatic rings. The van der Waals surface area contributed by atoms with Crippen LogP contribution >= 0.6 is 0 Å². The zero-order valence-electron chi connectivity index (χ0n) is 13.5. The Morgan fingerprint density at radius 2 is 2.16 bits per heavy atom. The summed E-state index contributed by atoms with van der Waals surface area (Å²) in [4.78, 5) is 17.4. The number of fused-ring (bicyclic) bond motifs is 2. The molecule has 2 unspecified atom stereocenters. The third kappa shape index (κ3) is 2.60. The van der Waals surface area contributed by atoms with Crippen LogP contribution in [0.2, 0.25) is 0 Å². The van der Waals surface area contributed by atoms with E-state index in [-0.39, 0.29) is 29.6 Å². The zero-order valence-corrected chi connectivity index (χ0v) is 13.5. The molecule has 1 heterocycles. The Hall–Kier alpha value is -2.38. The molecule has 1 spiro atoms. The van der Waals surface area contributed by atoms with Gasteiger partial charge < -0.3 is 9.42 Å². The van der Waals surface area contributed by atoms with Gasteiger partial charge >= 0.3 is 12.1 Å². The molecule has 0 N–H and O–H groups in total. The number of halogens is 3. The van der Waals surface area contributed by atoms with Crippen LogP contribution in [-0.4, -0.2) is 28.0 Å². The van der Waals surface area contributed by atoms with Crippen LogP contribution in [0.5, 0.6) is 0 Å². The Labute approximate surface area is 141 Å². The number of carbonyl (C=O) groups is 1. The Morgan fingerprint density at radius 3 is 2.88 bits per heavy atom. The summed E-state index contributed by atoms with van der Waals surface area (Å²) in [7, 11) is 1.55. The van der Waals surface area contributed by atoms with Gasteiger partial charge in [-0.2, -0.15) is 18.2 Å². The summed E-state index contributed by atoms with van der Waals surface area (Å²) in [6.07, 6.45) is -1.99. The van der Waals surface area contributed by atoms with Gasteiger partial charge in [-0.15, -0.1) is 0 Å². The van der Waals surface area contributed by atoms with Gasteiger partial charge in [0.15, 0.2) is 5.82 Å². The van der Waals surface area contributed by atoms with Gasteiger partial charge in [-0.05, 0) is 30.4 Å². The second kappa shape index (κ2) is 5.31. The summed E-state index contributed by atoms with van der Waals surface area (Å²) in [5.74, 6) is -1.76. The van der Waals surface area contributed by atoms with Gasteiger partial charge in [0.2, 0.25) is 5.91 Å². The molecule has 0 aliphatic heterocycles. The molecule has 1 aromatic heterocycles. The largest absolute Gasteiger partial charge is 0.471 e. The lowest BCUT2D eigenvalue weighted by molar-refractivity contribution is -0.159. The number of benzene rings is 1. The molecule has 1 fully saturated rings. The van der Waals surface area contributed by atoms with E-state index in [1.807, 2.05) is 12.1 Å². The molecule has 1 amide bonds. The van der Waals surface area contributed by atoms with Crippen LogP contribution in [0.3, 0.4) is 0 Å². The van der Waals surface area contributed by atoms with Crippen molar-refractivity contribution < 1.29 is 22.5 Å². The van der Waals surface area contributed by atoms with Gasteiger partial charge in [0.1, 0.15) is 0 Å². The molecule has 1 saturated carbocycles. The number of amides is 1. The molecule has 25 heavy (non-hydrogen) atoms. The fourth-order valence-electron chi connectivity index (χ4n) is 3.91. The molecule has 0 saturated heterocycles. The van der Waals surface area contributed by atoms with E-state index in [0.717, 1.165) is 19.3 Å². The second-order valence-corrected chi connectivity index (χ2v) is 6.78. The van der Waals surface area contributed by atoms with Crippen LogP contribution in [0, 0.1) is 5.92 Å². The fraction of sp³-hybridized carbons (Fsp3) is 0.471.